The SMILES string of the molecule is CN(C(=O)[C@H]1C(=O)N2c3ccccc3Oc3ccccc3[C@@]12C)c1ccccc1. The van der Waals surface area contributed by atoms with Crippen molar-refractivity contribution in [2.75, 3.05) is 16.8 Å². The maximum absolute atomic E-state index is 13.5. The van der Waals surface area contributed by atoms with Crippen LogP contribution in [0.1, 0.15) is 12.5 Å². The molecule has 2 aliphatic rings. The lowest BCUT2D eigenvalue weighted by Gasteiger charge is -2.54. The molecule has 1 saturated heterocycles. The van der Waals surface area contributed by atoms with E-state index in [9.17, 15) is 9.59 Å². The molecule has 0 aliphatic carbocycles. The number of ether oxygens (including phenoxy) is 1. The highest BCUT2D eigenvalue weighted by Crippen LogP contribution is 2.56. The van der Waals surface area contributed by atoms with Gasteiger partial charge in [0.15, 0.2) is 5.75 Å². The molecule has 0 bridgehead atoms. The zero-order valence-electron chi connectivity index (χ0n) is 16.2. The molecule has 0 N–H and O–H groups in total. The van der Waals surface area contributed by atoms with Gasteiger partial charge in [0, 0.05) is 18.3 Å². The number of amides is 2. The number of hydrogen-bond acceptors (Lipinski definition) is 3. The van der Waals surface area contributed by atoms with Crippen molar-refractivity contribution in [3.63, 3.8) is 0 Å². The van der Waals surface area contributed by atoms with E-state index in [0.29, 0.717) is 17.2 Å². The second-order valence-electron chi connectivity index (χ2n) is 7.55. The monoisotopic (exact) mass is 384 g/mol. The number of benzene rings is 3. The molecular weight excluding hydrogens is 364 g/mol. The van der Waals surface area contributed by atoms with E-state index in [0.717, 1.165) is 11.3 Å². The molecule has 5 heteroatoms. The molecule has 0 spiro atoms. The molecule has 3 aromatic carbocycles. The number of nitrogens with zero attached hydrogens (tertiary/aromatic N) is 2. The van der Waals surface area contributed by atoms with Gasteiger partial charge >= 0.3 is 0 Å². The Labute approximate surface area is 169 Å². The van der Waals surface area contributed by atoms with Crippen LogP contribution >= 0.6 is 0 Å². The average molecular weight is 384 g/mol. The van der Waals surface area contributed by atoms with Gasteiger partial charge in [-0.05, 0) is 37.3 Å². The summed E-state index contributed by atoms with van der Waals surface area (Å²) in [5.41, 5.74) is 1.43. The maximum Gasteiger partial charge on any atom is 0.243 e. The lowest BCUT2D eigenvalue weighted by Crippen LogP contribution is -2.71. The molecule has 144 valence electrons. The molecule has 0 saturated carbocycles. The zero-order chi connectivity index (χ0) is 20.2. The Balaban J connectivity index is 1.64. The summed E-state index contributed by atoms with van der Waals surface area (Å²) in [7, 11) is 1.71. The van der Waals surface area contributed by atoms with Gasteiger partial charge in [0.1, 0.15) is 11.7 Å². The number of para-hydroxylation sites is 4. The Morgan fingerprint density at radius 2 is 1.55 bits per heavy atom. The summed E-state index contributed by atoms with van der Waals surface area (Å²) in [6, 6.07) is 24.4. The number of carbonyl (C=O) groups excluding carboxylic acids is 2. The van der Waals surface area contributed by atoms with Crippen LogP contribution in [0.15, 0.2) is 78.9 Å². The summed E-state index contributed by atoms with van der Waals surface area (Å²) in [5.74, 6) is 0.00253. The van der Waals surface area contributed by atoms with Crippen LogP contribution in [-0.4, -0.2) is 18.9 Å². The fourth-order valence-electron chi connectivity index (χ4n) is 4.45. The lowest BCUT2D eigenvalue weighted by molar-refractivity contribution is -0.144. The number of β-lactam (4-membered cyclic amide) rings is 1. The molecule has 1 fully saturated rings. The van der Waals surface area contributed by atoms with E-state index in [1.807, 2.05) is 85.8 Å². The Kier molecular flexibility index (Phi) is 3.74. The van der Waals surface area contributed by atoms with E-state index >= 15 is 0 Å². The molecule has 2 atom stereocenters. The molecule has 5 nitrogen and oxygen atoms in total. The molecule has 5 rings (SSSR count). The zero-order valence-corrected chi connectivity index (χ0v) is 16.2. The molecule has 0 unspecified atom stereocenters. The highest BCUT2D eigenvalue weighted by molar-refractivity contribution is 6.20. The van der Waals surface area contributed by atoms with E-state index in [4.69, 9.17) is 4.74 Å². The summed E-state index contributed by atoms with van der Waals surface area (Å²) in [6.07, 6.45) is 0. The summed E-state index contributed by atoms with van der Waals surface area (Å²) < 4.78 is 6.15. The molecule has 2 heterocycles. The first kappa shape index (κ1) is 17.5. The number of hydrogen-bond donors (Lipinski definition) is 0. The Morgan fingerprint density at radius 1 is 0.931 bits per heavy atom. The standard InChI is InChI=1S/C24H20N2O3/c1-24-17-12-6-8-14-19(17)29-20-15-9-7-13-18(20)26(24)23(28)21(24)22(27)25(2)16-10-4-3-5-11-16/h3-15,21H,1-2H3/t21-,24-/m0/s1. The number of carbonyl (C=O) groups is 2. The molecule has 2 aliphatic heterocycles. The summed E-state index contributed by atoms with van der Waals surface area (Å²) in [4.78, 5) is 30.1. The van der Waals surface area contributed by atoms with E-state index in [1.165, 1.54) is 0 Å². The van der Waals surface area contributed by atoms with Gasteiger partial charge < -0.3 is 9.64 Å². The van der Waals surface area contributed by atoms with Crippen LogP contribution in [0.2, 0.25) is 0 Å². The van der Waals surface area contributed by atoms with Crippen molar-refractivity contribution in [3.05, 3.63) is 84.4 Å². The first-order valence-electron chi connectivity index (χ1n) is 9.56. The third-order valence-electron chi connectivity index (χ3n) is 5.97. The van der Waals surface area contributed by atoms with Gasteiger partial charge in [-0.2, -0.15) is 0 Å². The van der Waals surface area contributed by atoms with Gasteiger partial charge in [0.05, 0.1) is 11.2 Å². The topological polar surface area (TPSA) is 49.9 Å². The van der Waals surface area contributed by atoms with Gasteiger partial charge in [-0.3, -0.25) is 14.5 Å². The van der Waals surface area contributed by atoms with Crippen LogP contribution < -0.4 is 14.5 Å². The largest absolute Gasteiger partial charge is 0.455 e. The Morgan fingerprint density at radius 3 is 2.31 bits per heavy atom. The van der Waals surface area contributed by atoms with Gasteiger partial charge in [-0.25, -0.2) is 0 Å². The van der Waals surface area contributed by atoms with Crippen molar-refractivity contribution in [1.82, 2.24) is 0 Å². The summed E-state index contributed by atoms with van der Waals surface area (Å²) in [5, 5.41) is 0. The minimum atomic E-state index is -0.833. The number of anilines is 2. The van der Waals surface area contributed by atoms with Gasteiger partial charge in [-0.1, -0.05) is 48.5 Å². The smallest absolute Gasteiger partial charge is 0.243 e. The van der Waals surface area contributed by atoms with Crippen molar-refractivity contribution in [2.45, 2.75) is 12.5 Å². The van der Waals surface area contributed by atoms with Crippen molar-refractivity contribution in [1.29, 1.82) is 0 Å². The van der Waals surface area contributed by atoms with E-state index in [2.05, 4.69) is 0 Å². The Bertz CT molecular complexity index is 1130. The van der Waals surface area contributed by atoms with E-state index < -0.39 is 11.5 Å². The predicted octanol–water partition coefficient (Wildman–Crippen LogP) is 4.33. The first-order chi connectivity index (χ1) is 14.0. The number of rotatable bonds is 2. The van der Waals surface area contributed by atoms with E-state index in [1.54, 1.807) is 16.8 Å². The van der Waals surface area contributed by atoms with Gasteiger partial charge in [0.25, 0.3) is 0 Å². The predicted molar refractivity (Wildman–Crippen MR) is 111 cm³/mol. The Hall–Kier alpha value is -3.60. The van der Waals surface area contributed by atoms with Crippen molar-refractivity contribution in [3.8, 4) is 11.5 Å². The third-order valence-corrected chi connectivity index (χ3v) is 5.97. The highest BCUT2D eigenvalue weighted by atomic mass is 16.5. The first-order valence-corrected chi connectivity index (χ1v) is 9.56. The molecule has 0 radical (unpaired) electrons. The van der Waals surface area contributed by atoms with Crippen molar-refractivity contribution < 1.29 is 14.3 Å². The highest BCUT2D eigenvalue weighted by Gasteiger charge is 2.64. The van der Waals surface area contributed by atoms with Crippen molar-refractivity contribution >= 4 is 23.2 Å². The van der Waals surface area contributed by atoms with Crippen LogP contribution in [0.3, 0.4) is 0 Å². The minimum Gasteiger partial charge on any atom is -0.455 e. The molecule has 2 amide bonds. The second kappa shape index (κ2) is 6.21. The molecular formula is C24H20N2O3. The van der Waals surface area contributed by atoms with E-state index in [-0.39, 0.29) is 11.8 Å². The van der Waals surface area contributed by atoms with Crippen LogP contribution in [0.5, 0.6) is 11.5 Å². The quantitative estimate of drug-likeness (QED) is 0.488. The van der Waals surface area contributed by atoms with Crippen molar-refractivity contribution in [2.24, 2.45) is 5.92 Å². The lowest BCUT2D eigenvalue weighted by atomic mass is 9.68. The van der Waals surface area contributed by atoms with Crippen LogP contribution in [0.4, 0.5) is 11.4 Å². The minimum absolute atomic E-state index is 0.215. The van der Waals surface area contributed by atoms with Crippen LogP contribution in [0.25, 0.3) is 0 Å². The fraction of sp³-hybridized carbons (Fsp3) is 0.167. The fourth-order valence-corrected chi connectivity index (χ4v) is 4.45. The van der Waals surface area contributed by atoms with Crippen LogP contribution in [-0.2, 0) is 15.1 Å². The third kappa shape index (κ3) is 2.34. The second-order valence-corrected chi connectivity index (χ2v) is 7.55. The van der Waals surface area contributed by atoms with Crippen LogP contribution in [0, 0.1) is 5.92 Å². The molecule has 0 aromatic heterocycles. The summed E-state index contributed by atoms with van der Waals surface area (Å²) >= 11 is 0. The average Bonchev–Trinajstić information content (AvgIpc) is 2.84. The molecule has 29 heavy (non-hydrogen) atoms. The molecule has 3 aromatic rings. The van der Waals surface area contributed by atoms with Gasteiger partial charge in [-0.15, -0.1) is 0 Å². The van der Waals surface area contributed by atoms with Gasteiger partial charge in [0.2, 0.25) is 11.8 Å². The normalized spacial score (nSPS) is 21.7. The number of fused-ring (bicyclic) bond motifs is 5. The summed E-state index contributed by atoms with van der Waals surface area (Å²) in [6.45, 7) is 1.94. The maximum atomic E-state index is 13.5.